The first-order valence-corrected chi connectivity index (χ1v) is 8.33. The van der Waals surface area contributed by atoms with Gasteiger partial charge >= 0.3 is 0 Å². The SMILES string of the molecule is CN(C)c1cc(N(C)C2CCN(Cc3c(F)cccc3F)C2)ncn1. The van der Waals surface area contributed by atoms with Gasteiger partial charge in [-0.3, -0.25) is 4.90 Å². The molecule has 2 aromatic rings. The first kappa shape index (κ1) is 17.5. The monoisotopic (exact) mass is 347 g/mol. The molecule has 1 aliphatic heterocycles. The van der Waals surface area contributed by atoms with Crippen molar-refractivity contribution in [3.05, 3.63) is 47.8 Å². The number of nitrogens with zero attached hydrogens (tertiary/aromatic N) is 5. The molecule has 1 aliphatic rings. The molecule has 0 radical (unpaired) electrons. The predicted molar refractivity (Wildman–Crippen MR) is 94.8 cm³/mol. The zero-order valence-electron chi connectivity index (χ0n) is 14.8. The highest BCUT2D eigenvalue weighted by Gasteiger charge is 2.28. The molecule has 25 heavy (non-hydrogen) atoms. The van der Waals surface area contributed by atoms with E-state index < -0.39 is 11.6 Å². The largest absolute Gasteiger partial charge is 0.363 e. The van der Waals surface area contributed by atoms with E-state index in [4.69, 9.17) is 0 Å². The van der Waals surface area contributed by atoms with Crippen LogP contribution in [0.15, 0.2) is 30.6 Å². The molecule has 1 fully saturated rings. The average molecular weight is 347 g/mol. The average Bonchev–Trinajstić information content (AvgIpc) is 3.06. The molecular weight excluding hydrogens is 324 g/mol. The van der Waals surface area contributed by atoms with E-state index in [2.05, 4.69) is 19.8 Å². The molecule has 0 amide bonds. The van der Waals surface area contributed by atoms with Crippen molar-refractivity contribution in [2.75, 3.05) is 44.0 Å². The summed E-state index contributed by atoms with van der Waals surface area (Å²) in [6, 6.07) is 6.20. The zero-order chi connectivity index (χ0) is 18.0. The molecule has 0 spiro atoms. The van der Waals surface area contributed by atoms with Crippen LogP contribution in [0.2, 0.25) is 0 Å². The lowest BCUT2D eigenvalue weighted by Gasteiger charge is -2.26. The smallest absolute Gasteiger partial charge is 0.134 e. The van der Waals surface area contributed by atoms with Crippen LogP contribution in [0.5, 0.6) is 0 Å². The first-order valence-electron chi connectivity index (χ1n) is 8.33. The molecular formula is C18H23F2N5. The van der Waals surface area contributed by atoms with E-state index in [1.165, 1.54) is 18.2 Å². The Hall–Kier alpha value is -2.28. The lowest BCUT2D eigenvalue weighted by Crippen LogP contribution is -2.35. The van der Waals surface area contributed by atoms with Crippen molar-refractivity contribution >= 4 is 11.6 Å². The summed E-state index contributed by atoms with van der Waals surface area (Å²) in [5.41, 5.74) is 0.141. The summed E-state index contributed by atoms with van der Waals surface area (Å²) in [5, 5.41) is 0. The van der Waals surface area contributed by atoms with Gasteiger partial charge in [-0.15, -0.1) is 0 Å². The van der Waals surface area contributed by atoms with Gasteiger partial charge in [-0.25, -0.2) is 18.7 Å². The van der Waals surface area contributed by atoms with Gasteiger partial charge in [0.1, 0.15) is 29.6 Å². The number of benzene rings is 1. The van der Waals surface area contributed by atoms with Gasteiger partial charge in [-0.05, 0) is 18.6 Å². The van der Waals surface area contributed by atoms with Crippen molar-refractivity contribution < 1.29 is 8.78 Å². The van der Waals surface area contributed by atoms with Crippen molar-refractivity contribution in [1.29, 1.82) is 0 Å². The number of hydrogen-bond donors (Lipinski definition) is 0. The van der Waals surface area contributed by atoms with Crippen LogP contribution >= 0.6 is 0 Å². The van der Waals surface area contributed by atoms with E-state index in [9.17, 15) is 8.78 Å². The Morgan fingerprint density at radius 3 is 2.48 bits per heavy atom. The summed E-state index contributed by atoms with van der Waals surface area (Å²) in [6.07, 6.45) is 2.48. The van der Waals surface area contributed by atoms with E-state index in [0.717, 1.165) is 31.1 Å². The third kappa shape index (κ3) is 3.87. The van der Waals surface area contributed by atoms with E-state index in [-0.39, 0.29) is 18.2 Å². The molecule has 0 aliphatic carbocycles. The fourth-order valence-electron chi connectivity index (χ4n) is 3.14. The van der Waals surface area contributed by atoms with Gasteiger partial charge in [0.05, 0.1) is 0 Å². The van der Waals surface area contributed by atoms with Crippen LogP contribution < -0.4 is 9.80 Å². The highest BCUT2D eigenvalue weighted by Crippen LogP contribution is 2.24. The van der Waals surface area contributed by atoms with E-state index in [1.54, 1.807) is 6.33 Å². The molecule has 0 N–H and O–H groups in total. The summed E-state index contributed by atoms with van der Waals surface area (Å²) in [7, 11) is 5.87. The minimum Gasteiger partial charge on any atom is -0.363 e. The van der Waals surface area contributed by atoms with Crippen molar-refractivity contribution in [2.45, 2.75) is 19.0 Å². The first-order chi connectivity index (χ1) is 12.0. The second-order valence-electron chi connectivity index (χ2n) is 6.62. The standard InChI is InChI=1S/C18H23F2N5/c1-23(2)17-9-18(22-12-21-17)24(3)13-7-8-25(10-13)11-14-15(19)5-4-6-16(14)20/h4-6,9,12-13H,7-8,10-11H2,1-3H3. The van der Waals surface area contributed by atoms with Crippen molar-refractivity contribution in [2.24, 2.45) is 0 Å². The molecule has 1 saturated heterocycles. The Bertz CT molecular complexity index is 717. The van der Waals surface area contributed by atoms with Crippen molar-refractivity contribution in [1.82, 2.24) is 14.9 Å². The third-order valence-electron chi connectivity index (χ3n) is 4.70. The molecule has 0 bridgehead atoms. The minimum absolute atomic E-state index is 0.141. The second-order valence-corrected chi connectivity index (χ2v) is 6.62. The van der Waals surface area contributed by atoms with Gasteiger partial charge in [0.15, 0.2) is 0 Å². The molecule has 7 heteroatoms. The fourth-order valence-corrected chi connectivity index (χ4v) is 3.14. The summed E-state index contributed by atoms with van der Waals surface area (Å²) in [5.74, 6) is 0.731. The van der Waals surface area contributed by atoms with Crippen LogP contribution in [0.3, 0.4) is 0 Å². The van der Waals surface area contributed by atoms with Crippen molar-refractivity contribution in [3.8, 4) is 0 Å². The molecule has 2 heterocycles. The lowest BCUT2D eigenvalue weighted by molar-refractivity contribution is 0.313. The van der Waals surface area contributed by atoms with Gasteiger partial charge in [-0.2, -0.15) is 0 Å². The Labute approximate surface area is 146 Å². The van der Waals surface area contributed by atoms with Gasteiger partial charge in [0.2, 0.25) is 0 Å². The molecule has 1 aromatic carbocycles. The second kappa shape index (κ2) is 7.31. The summed E-state index contributed by atoms with van der Waals surface area (Å²) >= 11 is 0. The maximum Gasteiger partial charge on any atom is 0.134 e. The maximum absolute atomic E-state index is 13.8. The highest BCUT2D eigenvalue weighted by atomic mass is 19.1. The minimum atomic E-state index is -0.483. The van der Waals surface area contributed by atoms with Crippen LogP contribution in [0.4, 0.5) is 20.4 Å². The molecule has 3 rings (SSSR count). The summed E-state index contributed by atoms with van der Waals surface area (Å²) in [6.45, 7) is 1.83. The number of halogens is 2. The Kier molecular flexibility index (Phi) is 5.13. The fraction of sp³-hybridized carbons (Fsp3) is 0.444. The van der Waals surface area contributed by atoms with Gasteiger partial charge in [0, 0.05) is 58.4 Å². The highest BCUT2D eigenvalue weighted by molar-refractivity contribution is 5.49. The van der Waals surface area contributed by atoms with Gasteiger partial charge < -0.3 is 9.80 Å². The maximum atomic E-state index is 13.8. The lowest BCUT2D eigenvalue weighted by atomic mass is 10.2. The third-order valence-corrected chi connectivity index (χ3v) is 4.70. The number of anilines is 2. The number of rotatable bonds is 5. The summed E-state index contributed by atoms with van der Waals surface area (Å²) in [4.78, 5) is 14.7. The van der Waals surface area contributed by atoms with Crippen LogP contribution in [-0.4, -0.2) is 55.1 Å². The Morgan fingerprint density at radius 1 is 1.12 bits per heavy atom. The van der Waals surface area contributed by atoms with E-state index >= 15 is 0 Å². The molecule has 1 unspecified atom stereocenters. The van der Waals surface area contributed by atoms with E-state index in [1.807, 2.05) is 32.1 Å². The van der Waals surface area contributed by atoms with Crippen LogP contribution in [0, 0.1) is 11.6 Å². The van der Waals surface area contributed by atoms with Crippen LogP contribution in [0.25, 0.3) is 0 Å². The normalized spacial score (nSPS) is 17.7. The van der Waals surface area contributed by atoms with Crippen LogP contribution in [0.1, 0.15) is 12.0 Å². The van der Waals surface area contributed by atoms with Gasteiger partial charge in [-0.1, -0.05) is 6.07 Å². The molecule has 134 valence electrons. The molecule has 1 aromatic heterocycles. The predicted octanol–water partition coefficient (Wildman–Crippen LogP) is 2.53. The number of likely N-dealkylation sites (tertiary alicyclic amines) is 1. The summed E-state index contributed by atoms with van der Waals surface area (Å²) < 4.78 is 27.7. The van der Waals surface area contributed by atoms with Crippen molar-refractivity contribution in [3.63, 3.8) is 0 Å². The van der Waals surface area contributed by atoms with E-state index in [0.29, 0.717) is 0 Å². The number of likely N-dealkylation sites (N-methyl/N-ethyl adjacent to an activating group) is 1. The number of hydrogen-bond acceptors (Lipinski definition) is 5. The molecule has 5 nitrogen and oxygen atoms in total. The Morgan fingerprint density at radius 2 is 1.80 bits per heavy atom. The van der Waals surface area contributed by atoms with Gasteiger partial charge in [0.25, 0.3) is 0 Å². The van der Waals surface area contributed by atoms with Crippen LogP contribution in [-0.2, 0) is 6.54 Å². The number of aromatic nitrogens is 2. The molecule has 0 saturated carbocycles. The Balaban J connectivity index is 1.67. The quantitative estimate of drug-likeness (QED) is 0.831. The molecule has 1 atom stereocenters. The zero-order valence-corrected chi connectivity index (χ0v) is 14.8. The topological polar surface area (TPSA) is 35.5 Å².